The molecule has 0 saturated heterocycles. The van der Waals surface area contributed by atoms with Crippen molar-refractivity contribution in [2.75, 3.05) is 4.72 Å². The molecule has 1 aromatic heterocycles. The molecule has 0 amide bonds. The molecule has 0 spiro atoms. The Bertz CT molecular complexity index is 737. The van der Waals surface area contributed by atoms with E-state index in [-0.39, 0.29) is 4.90 Å². The number of sulfonamides is 1. The zero-order valence-electron chi connectivity index (χ0n) is 9.67. The van der Waals surface area contributed by atoms with Crippen LogP contribution < -0.4 is 4.72 Å². The van der Waals surface area contributed by atoms with E-state index in [1.807, 2.05) is 0 Å². The van der Waals surface area contributed by atoms with Crippen LogP contribution in [-0.2, 0) is 10.0 Å². The number of terminal acetylenes is 1. The molecule has 0 aliphatic heterocycles. The third-order valence-electron chi connectivity index (χ3n) is 2.33. The fraction of sp³-hybridized carbons (Fsp3) is 0. The Kier molecular flexibility index (Phi) is 3.88. The van der Waals surface area contributed by atoms with Gasteiger partial charge in [0.1, 0.15) is 4.90 Å². The Labute approximate surface area is 120 Å². The predicted molar refractivity (Wildman–Crippen MR) is 77.1 cm³/mol. The van der Waals surface area contributed by atoms with Gasteiger partial charge in [-0.3, -0.25) is 9.71 Å². The molecule has 0 unspecified atom stereocenters. The van der Waals surface area contributed by atoms with Crippen LogP contribution in [0.5, 0.6) is 0 Å². The molecule has 4 nitrogen and oxygen atoms in total. The summed E-state index contributed by atoms with van der Waals surface area (Å²) >= 11 is 3.28. The van der Waals surface area contributed by atoms with Gasteiger partial charge in [0, 0.05) is 22.4 Å². The molecular formula is C13H9BrN2O2S. The minimum atomic E-state index is -3.68. The van der Waals surface area contributed by atoms with Crippen molar-refractivity contribution in [3.8, 4) is 12.3 Å². The lowest BCUT2D eigenvalue weighted by atomic mass is 10.2. The molecule has 2 rings (SSSR count). The highest BCUT2D eigenvalue weighted by Crippen LogP contribution is 2.22. The average Bonchev–Trinajstić information content (AvgIpc) is 2.41. The number of nitrogens with one attached hydrogen (secondary N) is 1. The maximum absolute atomic E-state index is 12.1. The van der Waals surface area contributed by atoms with Gasteiger partial charge < -0.3 is 0 Å². The highest BCUT2D eigenvalue weighted by atomic mass is 79.9. The molecule has 0 aliphatic carbocycles. The van der Waals surface area contributed by atoms with Crippen molar-refractivity contribution in [1.82, 2.24) is 4.98 Å². The van der Waals surface area contributed by atoms with E-state index in [1.165, 1.54) is 18.5 Å². The highest BCUT2D eigenvalue weighted by molar-refractivity contribution is 9.10. The summed E-state index contributed by atoms with van der Waals surface area (Å²) in [5.41, 5.74) is 0.816. The van der Waals surface area contributed by atoms with Crippen molar-refractivity contribution in [3.63, 3.8) is 0 Å². The largest absolute Gasteiger partial charge is 0.278 e. The SMILES string of the molecule is C#Cc1cc(Br)ccc1NS(=O)(=O)c1cccnc1. The van der Waals surface area contributed by atoms with Crippen molar-refractivity contribution in [1.29, 1.82) is 0 Å². The van der Waals surface area contributed by atoms with Gasteiger partial charge in [0.05, 0.1) is 5.69 Å². The van der Waals surface area contributed by atoms with Crippen LogP contribution in [-0.4, -0.2) is 13.4 Å². The third-order valence-corrected chi connectivity index (χ3v) is 4.17. The Balaban J connectivity index is 2.40. The number of anilines is 1. The summed E-state index contributed by atoms with van der Waals surface area (Å²) in [5, 5.41) is 0. The fourth-order valence-electron chi connectivity index (χ4n) is 1.43. The number of nitrogens with zero attached hydrogens (tertiary/aromatic N) is 1. The van der Waals surface area contributed by atoms with Gasteiger partial charge in [0.15, 0.2) is 0 Å². The number of rotatable bonds is 3. The summed E-state index contributed by atoms with van der Waals surface area (Å²) in [6.45, 7) is 0. The van der Waals surface area contributed by atoms with Gasteiger partial charge in [0.2, 0.25) is 0 Å². The lowest BCUT2D eigenvalue weighted by molar-refractivity contribution is 0.601. The van der Waals surface area contributed by atoms with Crippen molar-refractivity contribution in [2.24, 2.45) is 0 Å². The van der Waals surface area contributed by atoms with Gasteiger partial charge >= 0.3 is 0 Å². The maximum atomic E-state index is 12.1. The normalized spacial score (nSPS) is 10.7. The molecule has 96 valence electrons. The molecular weight excluding hydrogens is 328 g/mol. The minimum absolute atomic E-state index is 0.0842. The molecule has 6 heteroatoms. The van der Waals surface area contributed by atoms with Crippen LogP contribution in [0, 0.1) is 12.3 Å². The number of hydrogen-bond acceptors (Lipinski definition) is 3. The van der Waals surface area contributed by atoms with Crippen LogP contribution in [0.25, 0.3) is 0 Å². The van der Waals surface area contributed by atoms with Gasteiger partial charge in [-0.1, -0.05) is 21.9 Å². The first-order valence-electron chi connectivity index (χ1n) is 5.22. The molecule has 2 aromatic rings. The first-order valence-corrected chi connectivity index (χ1v) is 7.49. The first kappa shape index (κ1) is 13.6. The summed E-state index contributed by atoms with van der Waals surface area (Å²) < 4.78 is 27.5. The fourth-order valence-corrected chi connectivity index (χ4v) is 2.84. The molecule has 1 heterocycles. The van der Waals surface area contributed by atoms with E-state index in [0.29, 0.717) is 11.3 Å². The zero-order valence-corrected chi connectivity index (χ0v) is 12.1. The number of hydrogen-bond donors (Lipinski definition) is 1. The van der Waals surface area contributed by atoms with Gasteiger partial charge in [-0.15, -0.1) is 6.42 Å². The maximum Gasteiger partial charge on any atom is 0.263 e. The number of benzene rings is 1. The van der Waals surface area contributed by atoms with E-state index >= 15 is 0 Å². The van der Waals surface area contributed by atoms with E-state index in [1.54, 1.807) is 24.3 Å². The highest BCUT2D eigenvalue weighted by Gasteiger charge is 2.15. The van der Waals surface area contributed by atoms with Crippen molar-refractivity contribution in [3.05, 3.63) is 52.8 Å². The Morgan fingerprint density at radius 1 is 1.32 bits per heavy atom. The van der Waals surface area contributed by atoms with E-state index in [0.717, 1.165) is 4.47 Å². The number of aromatic nitrogens is 1. The van der Waals surface area contributed by atoms with Crippen LogP contribution in [0.1, 0.15) is 5.56 Å². The molecule has 1 aromatic carbocycles. The predicted octanol–water partition coefficient (Wildman–Crippen LogP) is 2.63. The van der Waals surface area contributed by atoms with Crippen LogP contribution in [0.2, 0.25) is 0 Å². The Morgan fingerprint density at radius 2 is 2.11 bits per heavy atom. The smallest absolute Gasteiger partial charge is 0.263 e. The standard InChI is InChI=1S/C13H9BrN2O2S/c1-2-10-8-11(14)5-6-13(10)16-19(17,18)12-4-3-7-15-9-12/h1,3-9,16H. The summed E-state index contributed by atoms with van der Waals surface area (Å²) in [7, 11) is -3.68. The van der Waals surface area contributed by atoms with E-state index in [9.17, 15) is 8.42 Å². The van der Waals surface area contributed by atoms with Crippen molar-refractivity contribution < 1.29 is 8.42 Å². The average molecular weight is 337 g/mol. The monoisotopic (exact) mass is 336 g/mol. The van der Waals surface area contributed by atoms with Crippen LogP contribution in [0.15, 0.2) is 52.1 Å². The van der Waals surface area contributed by atoms with Gasteiger partial charge in [-0.05, 0) is 30.3 Å². The molecule has 0 saturated carbocycles. The minimum Gasteiger partial charge on any atom is -0.278 e. The summed E-state index contributed by atoms with van der Waals surface area (Å²) in [6, 6.07) is 8.00. The number of halogens is 1. The molecule has 0 fully saturated rings. The zero-order chi connectivity index (χ0) is 13.9. The van der Waals surface area contributed by atoms with Gasteiger partial charge in [-0.25, -0.2) is 8.42 Å². The molecule has 19 heavy (non-hydrogen) atoms. The molecule has 0 atom stereocenters. The number of pyridine rings is 1. The van der Waals surface area contributed by atoms with Gasteiger partial charge in [0.25, 0.3) is 10.0 Å². The first-order chi connectivity index (χ1) is 9.03. The summed E-state index contributed by atoms with van der Waals surface area (Å²) in [6.07, 6.45) is 8.14. The van der Waals surface area contributed by atoms with Gasteiger partial charge in [-0.2, -0.15) is 0 Å². The lowest BCUT2D eigenvalue weighted by Crippen LogP contribution is -2.14. The molecule has 0 bridgehead atoms. The van der Waals surface area contributed by atoms with Crippen molar-refractivity contribution >= 4 is 31.6 Å². The second-order valence-corrected chi connectivity index (χ2v) is 6.23. The Hall–Kier alpha value is -1.84. The third kappa shape index (κ3) is 3.13. The van der Waals surface area contributed by atoms with Crippen molar-refractivity contribution in [2.45, 2.75) is 4.90 Å². The molecule has 0 aliphatic rings. The lowest BCUT2D eigenvalue weighted by Gasteiger charge is -2.09. The van der Waals surface area contributed by atoms with Crippen LogP contribution in [0.3, 0.4) is 0 Å². The second-order valence-electron chi connectivity index (χ2n) is 3.63. The second kappa shape index (κ2) is 5.43. The van der Waals surface area contributed by atoms with E-state index in [4.69, 9.17) is 6.42 Å². The quantitative estimate of drug-likeness (QED) is 0.876. The summed E-state index contributed by atoms with van der Waals surface area (Å²) in [4.78, 5) is 3.87. The van der Waals surface area contributed by atoms with E-state index < -0.39 is 10.0 Å². The van der Waals surface area contributed by atoms with Crippen LogP contribution >= 0.6 is 15.9 Å². The van der Waals surface area contributed by atoms with Crippen LogP contribution in [0.4, 0.5) is 5.69 Å². The Morgan fingerprint density at radius 3 is 2.74 bits per heavy atom. The van der Waals surface area contributed by atoms with E-state index in [2.05, 4.69) is 31.6 Å². The summed E-state index contributed by atoms with van der Waals surface area (Å²) in [5.74, 6) is 2.44. The molecule has 1 N–H and O–H groups in total. The topological polar surface area (TPSA) is 59.1 Å². The molecule has 0 radical (unpaired) electrons.